The zero-order valence-corrected chi connectivity index (χ0v) is 15.2. The fourth-order valence-corrected chi connectivity index (χ4v) is 3.63. The molecule has 0 saturated carbocycles. The van der Waals surface area contributed by atoms with E-state index in [0.717, 1.165) is 12.1 Å². The molecule has 0 radical (unpaired) electrons. The molecular weight excluding hydrogens is 366 g/mol. The molecule has 2 aromatic rings. The van der Waals surface area contributed by atoms with E-state index >= 15 is 0 Å². The molecule has 2 N–H and O–H groups in total. The Morgan fingerprint density at radius 2 is 1.85 bits per heavy atom. The van der Waals surface area contributed by atoms with E-state index in [2.05, 4.69) is 10.0 Å². The molecule has 0 unspecified atom stereocenters. The Bertz CT molecular complexity index is 932. The summed E-state index contributed by atoms with van der Waals surface area (Å²) in [6.45, 7) is 3.02. The molecule has 0 saturated heterocycles. The molecule has 0 aromatic heterocycles. The molecular formula is C17H18F2N2O4S. The van der Waals surface area contributed by atoms with Crippen molar-refractivity contribution in [2.24, 2.45) is 0 Å². The van der Waals surface area contributed by atoms with Crippen molar-refractivity contribution < 1.29 is 26.7 Å². The van der Waals surface area contributed by atoms with Gasteiger partial charge in [-0.05, 0) is 43.7 Å². The smallest absolute Gasteiger partial charge is 0.244 e. The summed E-state index contributed by atoms with van der Waals surface area (Å²) in [5.74, 6) is -2.43. The number of ether oxygens (including phenoxy) is 1. The molecule has 0 heterocycles. The number of rotatable bonds is 6. The van der Waals surface area contributed by atoms with Crippen molar-refractivity contribution >= 4 is 21.6 Å². The van der Waals surface area contributed by atoms with Crippen LogP contribution in [0.2, 0.25) is 0 Å². The highest BCUT2D eigenvalue weighted by atomic mass is 32.2. The number of carbonyl (C=O) groups is 1. The highest BCUT2D eigenvalue weighted by molar-refractivity contribution is 7.89. The molecule has 26 heavy (non-hydrogen) atoms. The molecule has 0 aliphatic rings. The Labute approximate surface area is 150 Å². The van der Waals surface area contributed by atoms with Crippen LogP contribution >= 0.6 is 0 Å². The minimum absolute atomic E-state index is 0.118. The van der Waals surface area contributed by atoms with Crippen LogP contribution in [0.5, 0.6) is 5.75 Å². The quantitative estimate of drug-likeness (QED) is 0.802. The highest BCUT2D eigenvalue weighted by Crippen LogP contribution is 2.25. The minimum Gasteiger partial charge on any atom is -0.495 e. The van der Waals surface area contributed by atoms with Gasteiger partial charge in [0.2, 0.25) is 15.9 Å². The SMILES string of the molecule is COc1ccc(C)cc1S(=O)(=O)N[C@@H](C)C(=O)Nc1ccc(F)cc1F. The van der Waals surface area contributed by atoms with Crippen molar-refractivity contribution in [1.29, 1.82) is 0 Å². The second-order valence-corrected chi connectivity index (χ2v) is 7.29. The summed E-state index contributed by atoms with van der Waals surface area (Å²) >= 11 is 0. The number of halogens is 2. The first kappa shape index (κ1) is 19.8. The second kappa shape index (κ2) is 7.79. The van der Waals surface area contributed by atoms with E-state index in [1.807, 2.05) is 0 Å². The third-order valence-corrected chi connectivity index (χ3v) is 5.08. The number of hydrogen-bond donors (Lipinski definition) is 2. The van der Waals surface area contributed by atoms with E-state index in [4.69, 9.17) is 4.74 Å². The molecule has 6 nitrogen and oxygen atoms in total. The van der Waals surface area contributed by atoms with E-state index in [-0.39, 0.29) is 16.3 Å². The number of sulfonamides is 1. The van der Waals surface area contributed by atoms with Crippen LogP contribution in [0.3, 0.4) is 0 Å². The predicted molar refractivity (Wildman–Crippen MR) is 92.5 cm³/mol. The van der Waals surface area contributed by atoms with Crippen molar-refractivity contribution in [3.8, 4) is 5.75 Å². The van der Waals surface area contributed by atoms with Gasteiger partial charge < -0.3 is 10.1 Å². The Kier molecular flexibility index (Phi) is 5.94. The van der Waals surface area contributed by atoms with Crippen molar-refractivity contribution in [1.82, 2.24) is 4.72 Å². The number of methoxy groups -OCH3 is 1. The van der Waals surface area contributed by atoms with Crippen molar-refractivity contribution in [2.45, 2.75) is 24.8 Å². The van der Waals surface area contributed by atoms with Gasteiger partial charge in [-0.3, -0.25) is 4.79 Å². The average Bonchev–Trinajstić information content (AvgIpc) is 2.56. The van der Waals surface area contributed by atoms with Crippen molar-refractivity contribution in [2.75, 3.05) is 12.4 Å². The van der Waals surface area contributed by atoms with Gasteiger partial charge in [-0.1, -0.05) is 6.07 Å². The van der Waals surface area contributed by atoms with E-state index in [9.17, 15) is 22.0 Å². The van der Waals surface area contributed by atoms with Crippen LogP contribution in [-0.4, -0.2) is 27.5 Å². The largest absolute Gasteiger partial charge is 0.495 e. The van der Waals surface area contributed by atoms with E-state index in [1.165, 1.54) is 26.2 Å². The number of amides is 1. The van der Waals surface area contributed by atoms with Gasteiger partial charge in [-0.25, -0.2) is 17.2 Å². The lowest BCUT2D eigenvalue weighted by Crippen LogP contribution is -2.41. The lowest BCUT2D eigenvalue weighted by Gasteiger charge is -2.16. The molecule has 0 aliphatic carbocycles. The van der Waals surface area contributed by atoms with Gasteiger partial charge in [-0.15, -0.1) is 0 Å². The number of benzene rings is 2. The van der Waals surface area contributed by atoms with Gasteiger partial charge in [0.1, 0.15) is 22.3 Å². The normalized spacial score (nSPS) is 12.5. The minimum atomic E-state index is -4.07. The zero-order valence-electron chi connectivity index (χ0n) is 14.3. The van der Waals surface area contributed by atoms with E-state index in [1.54, 1.807) is 13.0 Å². The third kappa shape index (κ3) is 4.55. The summed E-state index contributed by atoms with van der Waals surface area (Å²) in [6.07, 6.45) is 0. The van der Waals surface area contributed by atoms with E-state index in [0.29, 0.717) is 11.6 Å². The van der Waals surface area contributed by atoms with Crippen LogP contribution in [0, 0.1) is 18.6 Å². The molecule has 1 amide bonds. The summed E-state index contributed by atoms with van der Waals surface area (Å²) in [5.41, 5.74) is 0.437. The standard InChI is InChI=1S/C17H18F2N2O4S/c1-10-4-7-15(25-3)16(8-10)26(23,24)21-11(2)17(22)20-14-6-5-12(18)9-13(14)19/h4-9,11,21H,1-3H3,(H,20,22)/t11-/m0/s1. The van der Waals surface area contributed by atoms with Crippen LogP contribution in [0.1, 0.15) is 12.5 Å². The molecule has 0 bridgehead atoms. The maximum Gasteiger partial charge on any atom is 0.244 e. The van der Waals surface area contributed by atoms with Crippen LogP contribution < -0.4 is 14.8 Å². The number of hydrogen-bond acceptors (Lipinski definition) is 4. The van der Waals surface area contributed by atoms with Crippen LogP contribution in [0.25, 0.3) is 0 Å². The Morgan fingerprint density at radius 3 is 2.46 bits per heavy atom. The van der Waals surface area contributed by atoms with Gasteiger partial charge in [-0.2, -0.15) is 4.72 Å². The highest BCUT2D eigenvalue weighted by Gasteiger charge is 2.25. The van der Waals surface area contributed by atoms with Gasteiger partial charge in [0, 0.05) is 6.07 Å². The molecule has 9 heteroatoms. The van der Waals surface area contributed by atoms with Gasteiger partial charge in [0.15, 0.2) is 0 Å². The van der Waals surface area contributed by atoms with E-state index < -0.39 is 33.6 Å². The van der Waals surface area contributed by atoms with Gasteiger partial charge in [0.05, 0.1) is 18.8 Å². The fourth-order valence-electron chi connectivity index (χ4n) is 2.18. The van der Waals surface area contributed by atoms with Crippen LogP contribution in [0.4, 0.5) is 14.5 Å². The van der Waals surface area contributed by atoms with Crippen molar-refractivity contribution in [3.05, 3.63) is 53.6 Å². The van der Waals surface area contributed by atoms with Crippen LogP contribution in [0.15, 0.2) is 41.3 Å². The summed E-state index contributed by atoms with van der Waals surface area (Å²) in [6, 6.07) is 6.02. The first-order valence-electron chi connectivity index (χ1n) is 7.57. The average molecular weight is 384 g/mol. The van der Waals surface area contributed by atoms with Gasteiger partial charge in [0.25, 0.3) is 0 Å². The summed E-state index contributed by atoms with van der Waals surface area (Å²) < 4.78 is 58.9. The molecule has 0 fully saturated rings. The fraction of sp³-hybridized carbons (Fsp3) is 0.235. The second-order valence-electron chi connectivity index (χ2n) is 5.61. The first-order valence-corrected chi connectivity index (χ1v) is 9.05. The van der Waals surface area contributed by atoms with Gasteiger partial charge >= 0.3 is 0 Å². The Morgan fingerprint density at radius 1 is 1.15 bits per heavy atom. The van der Waals surface area contributed by atoms with Crippen molar-refractivity contribution in [3.63, 3.8) is 0 Å². The number of aryl methyl sites for hydroxylation is 1. The summed E-state index contributed by atoms with van der Waals surface area (Å²) in [4.78, 5) is 12.0. The summed E-state index contributed by atoms with van der Waals surface area (Å²) in [7, 11) is -2.74. The molecule has 0 spiro atoms. The lowest BCUT2D eigenvalue weighted by molar-refractivity contribution is -0.117. The summed E-state index contributed by atoms with van der Waals surface area (Å²) in [5, 5.41) is 2.21. The third-order valence-electron chi connectivity index (χ3n) is 3.52. The molecule has 140 valence electrons. The van der Waals surface area contributed by atoms with Crippen LogP contribution in [-0.2, 0) is 14.8 Å². The molecule has 2 aromatic carbocycles. The Balaban J connectivity index is 2.18. The Hall–Kier alpha value is -2.52. The molecule has 1 atom stereocenters. The number of nitrogens with one attached hydrogen (secondary N) is 2. The first-order chi connectivity index (χ1) is 12.1. The molecule has 0 aliphatic heterocycles. The number of anilines is 1. The number of carbonyl (C=O) groups excluding carboxylic acids is 1. The maximum absolute atomic E-state index is 13.6. The predicted octanol–water partition coefficient (Wildman–Crippen LogP) is 2.59. The monoisotopic (exact) mass is 384 g/mol. The molecule has 2 rings (SSSR count). The lowest BCUT2D eigenvalue weighted by atomic mass is 10.2. The topological polar surface area (TPSA) is 84.5 Å². The zero-order chi connectivity index (χ0) is 19.5. The maximum atomic E-state index is 13.6.